The van der Waals surface area contributed by atoms with E-state index < -0.39 is 0 Å². The summed E-state index contributed by atoms with van der Waals surface area (Å²) >= 11 is 0. The van der Waals surface area contributed by atoms with Crippen LogP contribution in [0.15, 0.2) is 379 Å². The molecule has 0 unspecified atom stereocenters. The van der Waals surface area contributed by atoms with Crippen LogP contribution < -0.4 is 0 Å². The zero-order valence-corrected chi connectivity index (χ0v) is 57.0. The summed E-state index contributed by atoms with van der Waals surface area (Å²) in [6.45, 7) is 0. The molecule has 22 aromatic rings. The molecule has 0 radical (unpaired) electrons. The average Bonchev–Trinajstić information content (AvgIpc) is 1.70. The highest BCUT2D eigenvalue weighted by Crippen LogP contribution is 2.49. The van der Waals surface area contributed by atoms with E-state index in [9.17, 15) is 0 Å². The van der Waals surface area contributed by atoms with E-state index in [2.05, 4.69) is 375 Å². The van der Waals surface area contributed by atoms with Gasteiger partial charge in [-0.2, -0.15) is 0 Å². The molecule has 0 aliphatic carbocycles. The highest BCUT2D eigenvalue weighted by atomic mass is 16.3. The summed E-state index contributed by atoms with van der Waals surface area (Å²) in [5.41, 5.74) is 24.8. The van der Waals surface area contributed by atoms with Crippen molar-refractivity contribution in [3.05, 3.63) is 370 Å². The lowest BCUT2D eigenvalue weighted by Crippen LogP contribution is -1.95. The Labute approximate surface area is 604 Å². The van der Waals surface area contributed by atoms with Crippen molar-refractivity contribution in [3.8, 4) is 94.7 Å². The van der Waals surface area contributed by atoms with Gasteiger partial charge in [0.05, 0.1) is 11.0 Å². The lowest BCUT2D eigenvalue weighted by atomic mass is 9.86. The average molecular weight is 1330 g/mol. The predicted octanol–water partition coefficient (Wildman–Crippen LogP) is 28.8. The van der Waals surface area contributed by atoms with E-state index in [-0.39, 0.29) is 0 Å². The fourth-order valence-electron chi connectivity index (χ4n) is 17.1. The van der Waals surface area contributed by atoms with E-state index in [1.165, 1.54) is 92.5 Å². The Morgan fingerprint density at radius 3 is 0.867 bits per heavy atom. The molecule has 0 atom stereocenters. The third-order valence-electron chi connectivity index (χ3n) is 22.3. The van der Waals surface area contributed by atoms with Gasteiger partial charge >= 0.3 is 0 Å². The number of fused-ring (bicyclic) bond motifs is 15. The first-order valence-electron chi connectivity index (χ1n) is 36.1. The second-order valence-electron chi connectivity index (χ2n) is 28.2. The molecule has 0 amide bonds. The third-order valence-corrected chi connectivity index (χ3v) is 22.3. The van der Waals surface area contributed by atoms with Crippen molar-refractivity contribution in [1.82, 2.24) is 4.57 Å². The van der Waals surface area contributed by atoms with E-state index in [1.54, 1.807) is 0 Å². The van der Waals surface area contributed by atoms with Crippen LogP contribution in [0.4, 0.5) is 0 Å². The zero-order chi connectivity index (χ0) is 68.8. The first-order chi connectivity index (χ1) is 52.0. The lowest BCUT2D eigenvalue weighted by molar-refractivity contribution is 0.669. The molecule has 0 fully saturated rings. The van der Waals surface area contributed by atoms with Crippen LogP contribution in [0.3, 0.4) is 0 Å². The standard InChI is InChI=1S/C102H61NO2/c1-2-20-66(21-3-1)99-83-26-12-14-28-85(83)100(86-29-15-13-27-84(86)99)67-38-44-82(45-39-67)103-95-46-40-78(87-58-80(74-36-32-64-18-6-10-24-70(64)52-74)60-93-91-54-76(42-48-97(91)104-101(87)93)72-34-30-62-16-4-8-22-68(62)50-72)56-89(95)90-57-79(41-47-96(90)103)88-59-81(75-37-33-65-19-7-11-25-71(65)53-75)61-94-92-55-77(43-49-98(92)105-102(88)94)73-35-31-63-17-5-9-23-69(63)51-73/h1-61H. The molecule has 0 aliphatic heterocycles. The van der Waals surface area contributed by atoms with Crippen LogP contribution in [0.2, 0.25) is 0 Å². The third kappa shape index (κ3) is 9.60. The Morgan fingerprint density at radius 1 is 0.171 bits per heavy atom. The molecule has 3 heterocycles. The van der Waals surface area contributed by atoms with Crippen LogP contribution in [0, 0.1) is 0 Å². The summed E-state index contributed by atoms with van der Waals surface area (Å²) in [5.74, 6) is 0. The SMILES string of the molecule is c1ccc(-c2c3ccccc3c(-c3ccc(-n4c5ccc(-c6cc(-c7ccc8ccccc8c7)cc7c6oc6ccc(-c8ccc9ccccc9c8)cc67)cc5c5cc(-c6cc(-c7ccc8ccccc8c7)cc7c6oc6ccc(-c8ccc9ccccc9c8)cc67)ccc54)cc3)c3ccccc23)cc1. The van der Waals surface area contributed by atoms with Crippen molar-refractivity contribution in [2.24, 2.45) is 0 Å². The molecule has 0 saturated carbocycles. The molecule has 0 spiro atoms. The Bertz CT molecular complexity index is 7000. The fourth-order valence-corrected chi connectivity index (χ4v) is 17.1. The lowest BCUT2D eigenvalue weighted by Gasteiger charge is -2.18. The second kappa shape index (κ2) is 23.4. The van der Waals surface area contributed by atoms with Gasteiger partial charge in [-0.05, 0) is 252 Å². The number of benzene rings is 19. The summed E-state index contributed by atoms with van der Waals surface area (Å²) in [5, 5.41) is 21.1. The van der Waals surface area contributed by atoms with Gasteiger partial charge in [0.1, 0.15) is 22.3 Å². The molecule has 0 bridgehead atoms. The molecule has 486 valence electrons. The zero-order valence-electron chi connectivity index (χ0n) is 57.0. The summed E-state index contributed by atoms with van der Waals surface area (Å²) in [4.78, 5) is 0. The molecule has 3 heteroatoms. The van der Waals surface area contributed by atoms with Gasteiger partial charge in [0.15, 0.2) is 0 Å². The van der Waals surface area contributed by atoms with Crippen LogP contribution in [-0.2, 0) is 0 Å². The number of nitrogens with zero attached hydrogens (tertiary/aromatic N) is 1. The quantitative estimate of drug-likeness (QED) is 0.135. The highest BCUT2D eigenvalue weighted by molar-refractivity contribution is 6.22. The van der Waals surface area contributed by atoms with Gasteiger partial charge in [0.25, 0.3) is 0 Å². The Morgan fingerprint density at radius 2 is 0.467 bits per heavy atom. The van der Waals surface area contributed by atoms with Crippen molar-refractivity contribution >= 4 is 130 Å². The topological polar surface area (TPSA) is 31.2 Å². The van der Waals surface area contributed by atoms with Crippen LogP contribution in [0.1, 0.15) is 0 Å². The number of furan rings is 2. The van der Waals surface area contributed by atoms with E-state index in [0.29, 0.717) is 0 Å². The maximum atomic E-state index is 7.21. The summed E-state index contributed by atoms with van der Waals surface area (Å²) in [7, 11) is 0. The first kappa shape index (κ1) is 58.9. The molecular formula is C102H61NO2. The van der Waals surface area contributed by atoms with Gasteiger partial charge in [-0.25, -0.2) is 0 Å². The predicted molar refractivity (Wildman–Crippen MR) is 444 cm³/mol. The Hall–Kier alpha value is -13.9. The van der Waals surface area contributed by atoms with Gasteiger partial charge in [-0.1, -0.05) is 261 Å². The summed E-state index contributed by atoms with van der Waals surface area (Å²) < 4.78 is 16.9. The van der Waals surface area contributed by atoms with E-state index in [1.807, 2.05) is 0 Å². The molecule has 0 saturated heterocycles. The number of aromatic nitrogens is 1. The van der Waals surface area contributed by atoms with Crippen LogP contribution in [0.25, 0.3) is 225 Å². The Balaban J connectivity index is 0.771. The van der Waals surface area contributed by atoms with Gasteiger partial charge in [0, 0.05) is 49.1 Å². The number of hydrogen-bond acceptors (Lipinski definition) is 2. The maximum absolute atomic E-state index is 7.21. The minimum Gasteiger partial charge on any atom is -0.455 e. The smallest absolute Gasteiger partial charge is 0.143 e. The van der Waals surface area contributed by atoms with E-state index in [4.69, 9.17) is 8.83 Å². The molecule has 0 N–H and O–H groups in total. The molecule has 3 aromatic heterocycles. The van der Waals surface area contributed by atoms with Gasteiger partial charge in [-0.15, -0.1) is 0 Å². The van der Waals surface area contributed by atoms with Crippen molar-refractivity contribution < 1.29 is 8.83 Å². The van der Waals surface area contributed by atoms with Crippen LogP contribution >= 0.6 is 0 Å². The largest absolute Gasteiger partial charge is 0.455 e. The Kier molecular flexibility index (Phi) is 13.1. The molecule has 3 nitrogen and oxygen atoms in total. The summed E-state index contributed by atoms with van der Waals surface area (Å²) in [6.07, 6.45) is 0. The molecule has 19 aromatic carbocycles. The monoisotopic (exact) mass is 1330 g/mol. The van der Waals surface area contributed by atoms with Crippen molar-refractivity contribution in [1.29, 1.82) is 0 Å². The normalized spacial score (nSPS) is 12.0. The minimum absolute atomic E-state index is 0.845. The fraction of sp³-hybridized carbons (Fsp3) is 0. The highest BCUT2D eigenvalue weighted by Gasteiger charge is 2.24. The molecular weight excluding hydrogens is 1270 g/mol. The number of rotatable bonds is 9. The molecule has 22 rings (SSSR count). The van der Waals surface area contributed by atoms with E-state index in [0.717, 1.165) is 133 Å². The van der Waals surface area contributed by atoms with Gasteiger partial charge < -0.3 is 13.4 Å². The van der Waals surface area contributed by atoms with Gasteiger partial charge in [-0.3, -0.25) is 0 Å². The number of hydrogen-bond donors (Lipinski definition) is 0. The maximum Gasteiger partial charge on any atom is 0.143 e. The van der Waals surface area contributed by atoms with Crippen LogP contribution in [0.5, 0.6) is 0 Å². The summed E-state index contributed by atoms with van der Waals surface area (Å²) in [6, 6.07) is 137. The molecule has 105 heavy (non-hydrogen) atoms. The first-order valence-corrected chi connectivity index (χ1v) is 36.1. The van der Waals surface area contributed by atoms with Gasteiger partial charge in [0.2, 0.25) is 0 Å². The van der Waals surface area contributed by atoms with E-state index >= 15 is 0 Å². The van der Waals surface area contributed by atoms with Crippen molar-refractivity contribution in [3.63, 3.8) is 0 Å². The second-order valence-corrected chi connectivity index (χ2v) is 28.2. The van der Waals surface area contributed by atoms with Crippen LogP contribution in [-0.4, -0.2) is 4.57 Å². The van der Waals surface area contributed by atoms with Crippen molar-refractivity contribution in [2.75, 3.05) is 0 Å². The van der Waals surface area contributed by atoms with Crippen molar-refractivity contribution in [2.45, 2.75) is 0 Å². The minimum atomic E-state index is 0.845. The molecule has 0 aliphatic rings.